The van der Waals surface area contributed by atoms with Crippen LogP contribution in [0.3, 0.4) is 0 Å². The van der Waals surface area contributed by atoms with Gasteiger partial charge in [-0.2, -0.15) is 0 Å². The Morgan fingerprint density at radius 2 is 1.76 bits per heavy atom. The van der Waals surface area contributed by atoms with Crippen molar-refractivity contribution in [3.8, 4) is 0 Å². The maximum absolute atomic E-state index is 13.1. The molecule has 0 aliphatic carbocycles. The molecule has 3 aromatic rings. The van der Waals surface area contributed by atoms with E-state index in [9.17, 15) is 14.7 Å². The minimum Gasteiger partial charge on any atom is -0.507 e. The number of likely N-dealkylation sites (tertiary alicyclic amines) is 1. The summed E-state index contributed by atoms with van der Waals surface area (Å²) in [5.41, 5.74) is 2.49. The molecule has 1 saturated heterocycles. The summed E-state index contributed by atoms with van der Waals surface area (Å²) in [6.45, 7) is 5.26. The number of halogens is 1. The van der Waals surface area contributed by atoms with E-state index in [-0.39, 0.29) is 11.3 Å². The van der Waals surface area contributed by atoms with Crippen LogP contribution in [-0.4, -0.2) is 37.8 Å². The zero-order valence-electron chi connectivity index (χ0n) is 18.6. The highest BCUT2D eigenvalue weighted by Gasteiger charge is 2.45. The minimum atomic E-state index is -0.678. The Bertz CT molecular complexity index is 1170. The molecule has 33 heavy (non-hydrogen) atoms. The number of rotatable bonds is 7. The molecule has 1 aliphatic heterocycles. The van der Waals surface area contributed by atoms with Gasteiger partial charge in [-0.3, -0.25) is 9.59 Å². The Hall–Kier alpha value is -3.38. The highest BCUT2D eigenvalue weighted by molar-refractivity contribution is 6.46. The van der Waals surface area contributed by atoms with Gasteiger partial charge >= 0.3 is 0 Å². The van der Waals surface area contributed by atoms with Crippen LogP contribution in [0.4, 0.5) is 0 Å². The number of aryl methyl sites for hydroxylation is 1. The van der Waals surface area contributed by atoms with Crippen LogP contribution in [-0.2, 0) is 16.1 Å². The van der Waals surface area contributed by atoms with Crippen molar-refractivity contribution in [1.29, 1.82) is 0 Å². The molecular formula is C26H26ClN3O3. The number of aromatic nitrogens is 2. The third-order valence-corrected chi connectivity index (χ3v) is 6.20. The third kappa shape index (κ3) is 4.71. The number of amides is 1. The largest absolute Gasteiger partial charge is 0.507 e. The number of nitrogens with zero attached hydrogens (tertiary/aromatic N) is 3. The second-order valence-electron chi connectivity index (χ2n) is 8.47. The van der Waals surface area contributed by atoms with Crippen molar-refractivity contribution in [3.05, 3.63) is 94.5 Å². The van der Waals surface area contributed by atoms with Gasteiger partial charge in [-0.1, -0.05) is 49.7 Å². The van der Waals surface area contributed by atoms with E-state index in [0.29, 0.717) is 36.0 Å². The minimum absolute atomic E-state index is 0.0993. The van der Waals surface area contributed by atoms with Crippen LogP contribution >= 0.6 is 11.6 Å². The van der Waals surface area contributed by atoms with Crippen LogP contribution in [0.1, 0.15) is 48.9 Å². The Morgan fingerprint density at radius 1 is 1.06 bits per heavy atom. The molecule has 1 unspecified atom stereocenters. The fourth-order valence-electron chi connectivity index (χ4n) is 4.13. The van der Waals surface area contributed by atoms with E-state index in [1.54, 1.807) is 41.7 Å². The SMILES string of the molecule is CC(C)c1ccc(C2/C(=C(\O)c3ccc(Cl)cc3)C(=O)C(=O)N2CCCn2ccnc2)cc1. The van der Waals surface area contributed by atoms with Gasteiger partial charge in [0.15, 0.2) is 0 Å². The molecule has 1 atom stereocenters. The van der Waals surface area contributed by atoms with Gasteiger partial charge in [-0.25, -0.2) is 4.98 Å². The van der Waals surface area contributed by atoms with E-state index in [0.717, 1.165) is 11.1 Å². The fourth-order valence-corrected chi connectivity index (χ4v) is 4.25. The summed E-state index contributed by atoms with van der Waals surface area (Å²) >= 11 is 5.98. The molecule has 1 aromatic heterocycles. The van der Waals surface area contributed by atoms with Crippen molar-refractivity contribution in [2.75, 3.05) is 6.54 Å². The number of aliphatic hydroxyl groups excluding tert-OH is 1. The van der Waals surface area contributed by atoms with Gasteiger partial charge in [0.2, 0.25) is 0 Å². The lowest BCUT2D eigenvalue weighted by atomic mass is 9.93. The van der Waals surface area contributed by atoms with Gasteiger partial charge < -0.3 is 14.6 Å². The maximum atomic E-state index is 13.1. The lowest BCUT2D eigenvalue weighted by Gasteiger charge is -2.25. The van der Waals surface area contributed by atoms with E-state index in [2.05, 4.69) is 18.8 Å². The Kier molecular flexibility index (Phi) is 6.65. The molecule has 0 bridgehead atoms. The average molecular weight is 464 g/mol. The highest BCUT2D eigenvalue weighted by Crippen LogP contribution is 2.40. The van der Waals surface area contributed by atoms with Crippen LogP contribution in [0.5, 0.6) is 0 Å². The number of Topliss-reactive ketones (excluding diaryl/α,β-unsaturated/α-hetero) is 1. The number of carbonyl (C=O) groups excluding carboxylic acids is 2. The Labute approximate surface area is 198 Å². The van der Waals surface area contributed by atoms with Crippen molar-refractivity contribution < 1.29 is 14.7 Å². The van der Waals surface area contributed by atoms with Crippen LogP contribution in [0, 0.1) is 0 Å². The van der Waals surface area contributed by atoms with Crippen LogP contribution in [0.25, 0.3) is 5.76 Å². The quantitative estimate of drug-likeness (QED) is 0.298. The lowest BCUT2D eigenvalue weighted by molar-refractivity contribution is -0.139. The summed E-state index contributed by atoms with van der Waals surface area (Å²) in [4.78, 5) is 31.7. The van der Waals surface area contributed by atoms with Gasteiger partial charge in [-0.05, 0) is 47.7 Å². The molecule has 1 amide bonds. The first-order chi connectivity index (χ1) is 15.9. The molecule has 1 aliphatic rings. The molecule has 0 radical (unpaired) electrons. The number of hydrogen-bond donors (Lipinski definition) is 1. The first kappa shape index (κ1) is 22.8. The van der Waals surface area contributed by atoms with Gasteiger partial charge in [-0.15, -0.1) is 0 Å². The Morgan fingerprint density at radius 3 is 2.36 bits per heavy atom. The zero-order chi connectivity index (χ0) is 23.5. The molecule has 2 aromatic carbocycles. The van der Waals surface area contributed by atoms with E-state index in [1.165, 1.54) is 0 Å². The molecule has 170 valence electrons. The van der Waals surface area contributed by atoms with Crippen molar-refractivity contribution in [1.82, 2.24) is 14.5 Å². The van der Waals surface area contributed by atoms with Crippen molar-refractivity contribution in [2.24, 2.45) is 0 Å². The van der Waals surface area contributed by atoms with E-state index >= 15 is 0 Å². The number of carbonyl (C=O) groups is 2. The van der Waals surface area contributed by atoms with Gasteiger partial charge in [0.25, 0.3) is 11.7 Å². The van der Waals surface area contributed by atoms with E-state index in [1.807, 2.05) is 35.0 Å². The summed E-state index contributed by atoms with van der Waals surface area (Å²) in [6, 6.07) is 13.8. The predicted molar refractivity (Wildman–Crippen MR) is 128 cm³/mol. The Balaban J connectivity index is 1.73. The summed E-state index contributed by atoms with van der Waals surface area (Å²) in [5, 5.41) is 11.6. The number of ketones is 1. The first-order valence-electron chi connectivity index (χ1n) is 11.0. The summed E-state index contributed by atoms with van der Waals surface area (Å²) in [5.74, 6) is -1.12. The van der Waals surface area contributed by atoms with E-state index < -0.39 is 17.7 Å². The van der Waals surface area contributed by atoms with Crippen LogP contribution in [0.15, 0.2) is 72.8 Å². The molecule has 4 rings (SSSR count). The molecule has 2 heterocycles. The summed E-state index contributed by atoms with van der Waals surface area (Å²) in [6.07, 6.45) is 5.92. The standard InChI is InChI=1S/C26H26ClN3O3/c1-17(2)18-4-6-19(7-5-18)23-22(24(31)20-8-10-21(27)11-9-20)25(32)26(33)30(23)14-3-13-29-15-12-28-16-29/h4-12,15-17,23,31H,3,13-14H2,1-2H3/b24-22+. The van der Waals surface area contributed by atoms with Crippen LogP contribution in [0.2, 0.25) is 5.02 Å². The number of imidazole rings is 1. The van der Waals surface area contributed by atoms with Gasteiger partial charge in [0.05, 0.1) is 17.9 Å². The molecule has 1 N–H and O–H groups in total. The highest BCUT2D eigenvalue weighted by atomic mass is 35.5. The molecule has 0 spiro atoms. The molecule has 7 heteroatoms. The third-order valence-electron chi connectivity index (χ3n) is 5.95. The van der Waals surface area contributed by atoms with Gasteiger partial charge in [0, 0.05) is 36.1 Å². The lowest BCUT2D eigenvalue weighted by Crippen LogP contribution is -2.31. The topological polar surface area (TPSA) is 75.4 Å². The monoisotopic (exact) mass is 463 g/mol. The van der Waals surface area contributed by atoms with Gasteiger partial charge in [0.1, 0.15) is 5.76 Å². The molecular weight excluding hydrogens is 438 g/mol. The van der Waals surface area contributed by atoms with E-state index in [4.69, 9.17) is 11.6 Å². The predicted octanol–water partition coefficient (Wildman–Crippen LogP) is 5.17. The molecule has 6 nitrogen and oxygen atoms in total. The zero-order valence-corrected chi connectivity index (χ0v) is 19.4. The number of aliphatic hydroxyl groups is 1. The average Bonchev–Trinajstić information content (AvgIpc) is 3.41. The van der Waals surface area contributed by atoms with Crippen molar-refractivity contribution >= 4 is 29.1 Å². The smallest absolute Gasteiger partial charge is 0.295 e. The second kappa shape index (κ2) is 9.63. The first-order valence-corrected chi connectivity index (χ1v) is 11.3. The normalized spacial score (nSPS) is 17.8. The summed E-state index contributed by atoms with van der Waals surface area (Å²) < 4.78 is 1.93. The summed E-state index contributed by atoms with van der Waals surface area (Å²) in [7, 11) is 0. The molecule has 1 fully saturated rings. The second-order valence-corrected chi connectivity index (χ2v) is 8.91. The number of hydrogen-bond acceptors (Lipinski definition) is 4. The molecule has 0 saturated carbocycles. The van der Waals surface area contributed by atoms with Crippen molar-refractivity contribution in [3.63, 3.8) is 0 Å². The fraction of sp³-hybridized carbons (Fsp3) is 0.269. The van der Waals surface area contributed by atoms with Crippen LogP contribution < -0.4 is 0 Å². The van der Waals surface area contributed by atoms with Crippen molar-refractivity contribution in [2.45, 2.75) is 38.8 Å². The maximum Gasteiger partial charge on any atom is 0.295 e. The number of benzene rings is 2.